The van der Waals surface area contributed by atoms with Crippen LogP contribution in [0.15, 0.2) is 4.79 Å². The molecule has 0 aliphatic heterocycles. The Balaban J connectivity index is 2.45. The van der Waals surface area contributed by atoms with Crippen LogP contribution in [0.2, 0.25) is 0 Å². The molecular weight excluding hydrogens is 256 g/mol. The largest absolute Gasteiger partial charge is 0.382 e. The first-order valence-electron chi connectivity index (χ1n) is 7.06. The summed E-state index contributed by atoms with van der Waals surface area (Å²) in [6, 6.07) is 0. The molecule has 1 rings (SSSR count). The zero-order valence-corrected chi connectivity index (χ0v) is 13.6. The standard InChI is InChI=1S/C15H26N2OS/c1-6-17(5)12-11(14(19)13(12)18)16-10-8-7-9-15(2,3)4/h16H,6-10H2,1-5H3. The second-order valence-electron chi connectivity index (χ2n) is 6.34. The topological polar surface area (TPSA) is 32.3 Å². The number of hydrogen-bond donors (Lipinski definition) is 1. The van der Waals surface area contributed by atoms with Crippen molar-refractivity contribution in [1.82, 2.24) is 0 Å². The van der Waals surface area contributed by atoms with E-state index in [1.54, 1.807) is 0 Å². The van der Waals surface area contributed by atoms with E-state index in [0.717, 1.165) is 30.9 Å². The van der Waals surface area contributed by atoms with Gasteiger partial charge in [0.05, 0.1) is 5.69 Å². The van der Waals surface area contributed by atoms with Crippen LogP contribution >= 0.6 is 12.2 Å². The van der Waals surface area contributed by atoms with E-state index in [0.29, 0.717) is 9.93 Å². The SMILES string of the molecule is CCN(C)c1c(NCCCCC(C)(C)C)c(=S)c1=O. The predicted molar refractivity (Wildman–Crippen MR) is 86.7 cm³/mol. The summed E-state index contributed by atoms with van der Waals surface area (Å²) in [6.45, 7) is 10.5. The third-order valence-corrected chi connectivity index (χ3v) is 3.79. The Kier molecular flexibility index (Phi) is 5.53. The Morgan fingerprint density at radius 3 is 2.42 bits per heavy atom. The summed E-state index contributed by atoms with van der Waals surface area (Å²) in [7, 11) is 1.93. The number of hydrogen-bond acceptors (Lipinski definition) is 4. The fourth-order valence-electron chi connectivity index (χ4n) is 2.06. The van der Waals surface area contributed by atoms with Crippen molar-refractivity contribution in [2.24, 2.45) is 5.41 Å². The lowest BCUT2D eigenvalue weighted by Gasteiger charge is -2.23. The summed E-state index contributed by atoms with van der Waals surface area (Å²) in [5.41, 5.74) is 2.04. The minimum Gasteiger partial charge on any atom is -0.382 e. The molecule has 19 heavy (non-hydrogen) atoms. The van der Waals surface area contributed by atoms with E-state index in [4.69, 9.17) is 12.2 Å². The third-order valence-electron chi connectivity index (χ3n) is 3.40. The molecule has 0 heterocycles. The first-order valence-corrected chi connectivity index (χ1v) is 7.47. The van der Waals surface area contributed by atoms with Crippen molar-refractivity contribution in [3.05, 3.63) is 14.7 Å². The molecule has 3 nitrogen and oxygen atoms in total. The molecule has 0 atom stereocenters. The van der Waals surface area contributed by atoms with Crippen molar-refractivity contribution in [3.8, 4) is 0 Å². The molecule has 4 heteroatoms. The van der Waals surface area contributed by atoms with E-state index in [1.807, 2.05) is 18.9 Å². The zero-order valence-electron chi connectivity index (χ0n) is 12.8. The maximum Gasteiger partial charge on any atom is 0.224 e. The van der Waals surface area contributed by atoms with Gasteiger partial charge in [-0.1, -0.05) is 39.4 Å². The van der Waals surface area contributed by atoms with Gasteiger partial charge in [-0.15, -0.1) is 0 Å². The lowest BCUT2D eigenvalue weighted by molar-refractivity contribution is 0.362. The number of anilines is 2. The molecule has 0 amide bonds. The highest BCUT2D eigenvalue weighted by atomic mass is 32.1. The maximum atomic E-state index is 11.7. The molecule has 108 valence electrons. The molecule has 0 aliphatic carbocycles. The highest BCUT2D eigenvalue weighted by Crippen LogP contribution is 2.26. The van der Waals surface area contributed by atoms with Crippen LogP contribution in [-0.2, 0) is 0 Å². The molecule has 0 bridgehead atoms. The molecular formula is C15H26N2OS. The van der Waals surface area contributed by atoms with Crippen molar-refractivity contribution < 1.29 is 0 Å². The second-order valence-corrected chi connectivity index (χ2v) is 6.75. The summed E-state index contributed by atoms with van der Waals surface area (Å²) in [5, 5.41) is 3.33. The van der Waals surface area contributed by atoms with Crippen molar-refractivity contribution in [1.29, 1.82) is 0 Å². The van der Waals surface area contributed by atoms with E-state index >= 15 is 0 Å². The Bertz CT molecular complexity index is 481. The summed E-state index contributed by atoms with van der Waals surface area (Å²) in [6.07, 6.45) is 3.53. The molecule has 0 saturated carbocycles. The predicted octanol–water partition coefficient (Wildman–Crippen LogP) is 3.74. The van der Waals surface area contributed by atoms with Crippen LogP contribution in [0.1, 0.15) is 47.0 Å². The normalized spacial score (nSPS) is 11.8. The lowest BCUT2D eigenvalue weighted by atomic mass is 9.90. The van der Waals surface area contributed by atoms with Gasteiger partial charge in [-0.25, -0.2) is 0 Å². The van der Waals surface area contributed by atoms with Crippen LogP contribution in [0.4, 0.5) is 11.4 Å². The summed E-state index contributed by atoms with van der Waals surface area (Å²) in [5.74, 6) is 0. The summed E-state index contributed by atoms with van der Waals surface area (Å²) in [4.78, 5) is 13.7. The molecule has 0 unspecified atom stereocenters. The molecule has 1 N–H and O–H groups in total. The first-order chi connectivity index (χ1) is 8.78. The molecule has 1 aromatic rings. The van der Waals surface area contributed by atoms with Gasteiger partial charge in [-0.3, -0.25) is 4.79 Å². The second kappa shape index (κ2) is 6.51. The van der Waals surface area contributed by atoms with Gasteiger partial charge in [0.1, 0.15) is 10.2 Å². The molecule has 0 spiro atoms. The Hall–Kier alpha value is -0.900. The number of nitrogens with one attached hydrogen (secondary N) is 1. The van der Waals surface area contributed by atoms with E-state index in [1.165, 1.54) is 12.8 Å². The van der Waals surface area contributed by atoms with Crippen molar-refractivity contribution in [3.63, 3.8) is 0 Å². The first kappa shape index (κ1) is 16.2. The van der Waals surface area contributed by atoms with Gasteiger partial charge >= 0.3 is 0 Å². The summed E-state index contributed by atoms with van der Waals surface area (Å²) >= 11 is 5.11. The Morgan fingerprint density at radius 2 is 1.89 bits per heavy atom. The Morgan fingerprint density at radius 1 is 1.26 bits per heavy atom. The molecule has 0 radical (unpaired) electrons. The van der Waals surface area contributed by atoms with Crippen LogP contribution in [0.25, 0.3) is 0 Å². The van der Waals surface area contributed by atoms with E-state index < -0.39 is 0 Å². The van der Waals surface area contributed by atoms with Gasteiger partial charge < -0.3 is 10.2 Å². The monoisotopic (exact) mass is 282 g/mol. The smallest absolute Gasteiger partial charge is 0.224 e. The number of rotatable bonds is 7. The third kappa shape index (κ3) is 4.30. The molecule has 0 aromatic heterocycles. The van der Waals surface area contributed by atoms with Gasteiger partial charge in [0.15, 0.2) is 0 Å². The van der Waals surface area contributed by atoms with Gasteiger partial charge in [0.25, 0.3) is 0 Å². The number of nitrogens with zero attached hydrogens (tertiary/aromatic N) is 1. The maximum absolute atomic E-state index is 11.7. The van der Waals surface area contributed by atoms with Crippen molar-refractivity contribution in [2.45, 2.75) is 47.0 Å². The fourth-order valence-corrected chi connectivity index (χ4v) is 2.33. The van der Waals surface area contributed by atoms with Gasteiger partial charge in [0.2, 0.25) is 5.43 Å². The number of unbranched alkanes of at least 4 members (excludes halogenated alkanes) is 1. The van der Waals surface area contributed by atoms with Gasteiger partial charge in [0, 0.05) is 20.1 Å². The fraction of sp³-hybridized carbons (Fsp3) is 0.733. The molecule has 1 aromatic carbocycles. The average Bonchev–Trinajstić information content (AvgIpc) is 2.34. The van der Waals surface area contributed by atoms with E-state index in [9.17, 15) is 4.79 Å². The van der Waals surface area contributed by atoms with Crippen LogP contribution in [0.5, 0.6) is 0 Å². The molecule has 0 fully saturated rings. The van der Waals surface area contributed by atoms with Crippen LogP contribution in [0, 0.1) is 9.93 Å². The average molecular weight is 282 g/mol. The van der Waals surface area contributed by atoms with Crippen LogP contribution < -0.4 is 15.6 Å². The van der Waals surface area contributed by atoms with Crippen LogP contribution in [-0.4, -0.2) is 20.1 Å². The van der Waals surface area contributed by atoms with E-state index in [-0.39, 0.29) is 5.43 Å². The molecule has 0 saturated heterocycles. The Labute approximate surface area is 121 Å². The minimum absolute atomic E-state index is 0.0107. The van der Waals surface area contributed by atoms with Gasteiger partial charge in [-0.05, 0) is 25.2 Å². The quantitative estimate of drug-likeness (QED) is 0.610. The van der Waals surface area contributed by atoms with Gasteiger partial charge in [-0.2, -0.15) is 0 Å². The molecule has 0 aliphatic rings. The summed E-state index contributed by atoms with van der Waals surface area (Å²) < 4.78 is 0.464. The lowest BCUT2D eigenvalue weighted by Crippen LogP contribution is -2.29. The zero-order chi connectivity index (χ0) is 14.6. The highest BCUT2D eigenvalue weighted by Gasteiger charge is 2.19. The highest BCUT2D eigenvalue weighted by molar-refractivity contribution is 7.71. The van der Waals surface area contributed by atoms with E-state index in [2.05, 4.69) is 26.1 Å². The van der Waals surface area contributed by atoms with Crippen LogP contribution in [0.3, 0.4) is 0 Å². The minimum atomic E-state index is 0.0107. The van der Waals surface area contributed by atoms with Crippen molar-refractivity contribution >= 4 is 23.6 Å². The van der Waals surface area contributed by atoms with Crippen molar-refractivity contribution in [2.75, 3.05) is 30.4 Å².